The molecular weight excluding hydrogens is 442 g/mol. The molecule has 14 heteroatoms. The average molecular weight is 465 g/mol. The molecule has 1 aliphatic heterocycles. The Morgan fingerprint density at radius 3 is 1.94 bits per heavy atom. The zero-order valence-corrected chi connectivity index (χ0v) is 18.9. The second kappa shape index (κ2) is 8.63. The molecule has 1 aliphatic rings. The summed E-state index contributed by atoms with van der Waals surface area (Å²) in [4.78, 5) is 33.1. The lowest BCUT2D eigenvalue weighted by molar-refractivity contribution is -0.395. The van der Waals surface area contributed by atoms with Crippen molar-refractivity contribution in [2.45, 2.75) is 18.7 Å². The zero-order chi connectivity index (χ0) is 23.8. The predicted octanol–water partition coefficient (Wildman–Crippen LogP) is 1.49. The van der Waals surface area contributed by atoms with Gasteiger partial charge in [-0.3, -0.25) is 20.2 Å². The van der Waals surface area contributed by atoms with Gasteiger partial charge in [-0.25, -0.2) is 13.4 Å². The fourth-order valence-electron chi connectivity index (χ4n) is 3.37. The van der Waals surface area contributed by atoms with Crippen molar-refractivity contribution in [1.82, 2.24) is 14.3 Å². The van der Waals surface area contributed by atoms with Crippen LogP contribution in [0.3, 0.4) is 0 Å². The molecule has 0 spiro atoms. The number of sulfonamides is 1. The zero-order valence-electron chi connectivity index (χ0n) is 18.0. The highest BCUT2D eigenvalue weighted by molar-refractivity contribution is 7.89. The van der Waals surface area contributed by atoms with E-state index in [1.807, 2.05) is 36.9 Å². The van der Waals surface area contributed by atoms with E-state index in [4.69, 9.17) is 0 Å². The Morgan fingerprint density at radius 2 is 1.47 bits per heavy atom. The first-order chi connectivity index (χ1) is 14.9. The van der Waals surface area contributed by atoms with Gasteiger partial charge >= 0.3 is 0 Å². The van der Waals surface area contributed by atoms with Crippen LogP contribution in [-0.2, 0) is 10.0 Å². The molecule has 1 saturated heterocycles. The van der Waals surface area contributed by atoms with Gasteiger partial charge < -0.3 is 9.80 Å². The lowest BCUT2D eigenvalue weighted by atomic mass is 10.1. The lowest BCUT2D eigenvalue weighted by Gasteiger charge is -2.34. The molecule has 0 amide bonds. The van der Waals surface area contributed by atoms with E-state index in [0.29, 0.717) is 19.0 Å². The van der Waals surface area contributed by atoms with Crippen LogP contribution in [0.2, 0.25) is 0 Å². The third-order valence-electron chi connectivity index (χ3n) is 5.17. The van der Waals surface area contributed by atoms with Gasteiger partial charge in [-0.15, -0.1) is 0 Å². The predicted molar refractivity (Wildman–Crippen MR) is 117 cm³/mol. The molecule has 172 valence electrons. The summed E-state index contributed by atoms with van der Waals surface area (Å²) in [5, 5.41) is 22.6. The summed E-state index contributed by atoms with van der Waals surface area (Å²) in [6, 6.07) is 3.58. The maximum atomic E-state index is 13.1. The number of hydrogen-bond acceptors (Lipinski definition) is 10. The van der Waals surface area contributed by atoms with Crippen molar-refractivity contribution in [1.29, 1.82) is 0 Å². The molecule has 13 nitrogen and oxygen atoms in total. The van der Waals surface area contributed by atoms with Gasteiger partial charge in [0, 0.05) is 64.2 Å². The quantitative estimate of drug-likeness (QED) is 0.452. The number of anilines is 2. The van der Waals surface area contributed by atoms with Crippen LogP contribution in [0.15, 0.2) is 23.1 Å². The van der Waals surface area contributed by atoms with Gasteiger partial charge in [-0.1, -0.05) is 0 Å². The van der Waals surface area contributed by atoms with Crippen molar-refractivity contribution in [2.24, 2.45) is 0 Å². The Balaban J connectivity index is 1.87. The molecule has 0 unspecified atom stereocenters. The summed E-state index contributed by atoms with van der Waals surface area (Å²) in [6.07, 6.45) is 0. The minimum atomic E-state index is -4.18. The van der Waals surface area contributed by atoms with Crippen molar-refractivity contribution in [3.63, 3.8) is 0 Å². The van der Waals surface area contributed by atoms with Crippen LogP contribution in [-0.4, -0.2) is 72.8 Å². The number of hydrogen-bond donors (Lipinski definition) is 0. The highest BCUT2D eigenvalue weighted by Crippen LogP contribution is 2.33. The van der Waals surface area contributed by atoms with Crippen molar-refractivity contribution < 1.29 is 18.3 Å². The van der Waals surface area contributed by atoms with E-state index in [1.165, 1.54) is 6.92 Å². The third kappa shape index (κ3) is 4.45. The molecule has 3 rings (SSSR count). The maximum absolute atomic E-state index is 13.1. The van der Waals surface area contributed by atoms with Crippen LogP contribution in [0.4, 0.5) is 23.1 Å². The Bertz CT molecular complexity index is 1140. The van der Waals surface area contributed by atoms with E-state index in [-0.39, 0.29) is 18.7 Å². The molecular formula is C18H23N7O6S. The number of nitro groups is 2. The highest BCUT2D eigenvalue weighted by atomic mass is 32.2. The van der Waals surface area contributed by atoms with Gasteiger partial charge in [0.2, 0.25) is 16.0 Å². The van der Waals surface area contributed by atoms with E-state index in [1.54, 1.807) is 0 Å². The van der Waals surface area contributed by atoms with Crippen LogP contribution < -0.4 is 9.80 Å². The van der Waals surface area contributed by atoms with E-state index < -0.39 is 36.1 Å². The number of piperazine rings is 1. The van der Waals surface area contributed by atoms with E-state index in [9.17, 15) is 28.6 Å². The first kappa shape index (κ1) is 23.3. The largest absolute Gasteiger partial charge is 0.363 e. The molecule has 0 atom stereocenters. The van der Waals surface area contributed by atoms with Gasteiger partial charge in [-0.05, 0) is 13.8 Å². The average Bonchev–Trinajstić information content (AvgIpc) is 2.72. The Labute approximate surface area is 184 Å². The Hall–Kier alpha value is -3.39. The summed E-state index contributed by atoms with van der Waals surface area (Å²) in [6.45, 7) is 3.81. The number of nitro benzene ring substituents is 2. The second-order valence-electron chi connectivity index (χ2n) is 7.55. The van der Waals surface area contributed by atoms with Gasteiger partial charge in [0.05, 0.1) is 14.7 Å². The fraction of sp³-hybridized carbons (Fsp3) is 0.444. The molecule has 1 fully saturated rings. The number of aromatic nitrogens is 2. The Kier molecular flexibility index (Phi) is 6.27. The van der Waals surface area contributed by atoms with Crippen molar-refractivity contribution >= 4 is 33.2 Å². The number of benzene rings is 1. The van der Waals surface area contributed by atoms with Crippen LogP contribution in [0, 0.1) is 34.1 Å². The molecule has 0 aliphatic carbocycles. The highest BCUT2D eigenvalue weighted by Gasteiger charge is 2.34. The van der Waals surface area contributed by atoms with Gasteiger partial charge in [0.1, 0.15) is 11.4 Å². The molecule has 1 aromatic carbocycles. The van der Waals surface area contributed by atoms with Gasteiger partial charge in [0.15, 0.2) is 0 Å². The summed E-state index contributed by atoms with van der Waals surface area (Å²) >= 11 is 0. The van der Waals surface area contributed by atoms with E-state index in [2.05, 4.69) is 9.97 Å². The topological polar surface area (TPSA) is 156 Å². The summed E-state index contributed by atoms with van der Waals surface area (Å²) in [5.41, 5.74) is -0.647. The maximum Gasteiger partial charge on any atom is 0.280 e. The molecule has 2 aromatic rings. The van der Waals surface area contributed by atoms with E-state index in [0.717, 1.165) is 27.9 Å². The van der Waals surface area contributed by atoms with Crippen molar-refractivity contribution in [3.05, 3.63) is 49.7 Å². The van der Waals surface area contributed by atoms with Crippen LogP contribution in [0.1, 0.15) is 11.3 Å². The first-order valence-corrected chi connectivity index (χ1v) is 11.1. The lowest BCUT2D eigenvalue weighted by Crippen LogP contribution is -2.49. The molecule has 0 bridgehead atoms. The normalized spacial score (nSPS) is 14.9. The van der Waals surface area contributed by atoms with Crippen LogP contribution in [0.5, 0.6) is 0 Å². The summed E-state index contributed by atoms with van der Waals surface area (Å²) in [5.74, 6) is 1.20. The van der Waals surface area contributed by atoms with Gasteiger partial charge in [0.25, 0.3) is 11.4 Å². The second-order valence-corrected chi connectivity index (χ2v) is 9.49. The smallest absolute Gasteiger partial charge is 0.280 e. The number of aryl methyl sites for hydroxylation is 1. The SMILES string of the molecule is Cc1cc(N(C)C)nc(N2CCN(S(=O)(=O)c3cc([N+](=O)[O-])c(C)c([N+](=O)[O-])c3)CC2)n1. The standard InChI is InChI=1S/C18H23N7O6S/c1-12-9-17(21(3)4)20-18(19-12)22-5-7-23(8-6-22)32(30,31)14-10-15(24(26)27)13(2)16(11-14)25(28)29/h9-11H,5-8H2,1-4H3. The molecule has 2 heterocycles. The monoisotopic (exact) mass is 465 g/mol. The molecule has 0 saturated carbocycles. The van der Waals surface area contributed by atoms with Crippen molar-refractivity contribution in [3.8, 4) is 0 Å². The van der Waals surface area contributed by atoms with Crippen molar-refractivity contribution in [2.75, 3.05) is 50.1 Å². The molecule has 1 aromatic heterocycles. The molecule has 0 radical (unpaired) electrons. The molecule has 32 heavy (non-hydrogen) atoms. The molecule has 0 N–H and O–H groups in total. The van der Waals surface area contributed by atoms with E-state index >= 15 is 0 Å². The summed E-state index contributed by atoms with van der Waals surface area (Å²) < 4.78 is 27.4. The summed E-state index contributed by atoms with van der Waals surface area (Å²) in [7, 11) is -0.463. The fourth-order valence-corrected chi connectivity index (χ4v) is 4.83. The number of nitrogens with zero attached hydrogens (tertiary/aromatic N) is 7. The van der Waals surface area contributed by atoms with Gasteiger partial charge in [-0.2, -0.15) is 9.29 Å². The van der Waals surface area contributed by atoms with Crippen LogP contribution in [0.25, 0.3) is 0 Å². The number of rotatable bonds is 6. The minimum Gasteiger partial charge on any atom is -0.363 e. The van der Waals surface area contributed by atoms with Crippen LogP contribution >= 0.6 is 0 Å². The first-order valence-electron chi connectivity index (χ1n) is 9.63. The third-order valence-corrected chi connectivity index (χ3v) is 7.04. The minimum absolute atomic E-state index is 0.0758. The Morgan fingerprint density at radius 1 is 0.938 bits per heavy atom.